The maximum atomic E-state index is 13.2. The molecule has 0 aliphatic heterocycles. The largest absolute Gasteiger partial charge is 0.359 e. The van der Waals surface area contributed by atoms with Crippen molar-refractivity contribution in [2.45, 2.75) is 71.0 Å². The molecule has 4 rings (SSSR count). The zero-order chi connectivity index (χ0) is 23.8. The summed E-state index contributed by atoms with van der Waals surface area (Å²) in [7, 11) is 0. The molecule has 34 heavy (non-hydrogen) atoms. The quantitative estimate of drug-likeness (QED) is 0.477. The minimum atomic E-state index is -0.282. The highest BCUT2D eigenvalue weighted by molar-refractivity contribution is 5.92. The molecule has 1 saturated carbocycles. The van der Waals surface area contributed by atoms with Crippen molar-refractivity contribution in [3.05, 3.63) is 88.8 Å². The van der Waals surface area contributed by atoms with Crippen LogP contribution in [0.15, 0.2) is 65.2 Å². The Morgan fingerprint density at radius 3 is 2.47 bits per heavy atom. The van der Waals surface area contributed by atoms with E-state index < -0.39 is 0 Å². The van der Waals surface area contributed by atoms with Crippen LogP contribution in [-0.2, 0) is 24.3 Å². The van der Waals surface area contributed by atoms with Gasteiger partial charge in [-0.05, 0) is 37.3 Å². The van der Waals surface area contributed by atoms with E-state index in [1.54, 1.807) is 6.07 Å². The number of aromatic nitrogens is 1. The smallest absolute Gasteiger partial charge is 0.273 e. The van der Waals surface area contributed by atoms with Crippen LogP contribution in [0.5, 0.6) is 0 Å². The number of aryl methyl sites for hydroxylation is 2. The van der Waals surface area contributed by atoms with Crippen LogP contribution >= 0.6 is 0 Å². The normalized spacial score (nSPS) is 14.0. The van der Waals surface area contributed by atoms with Crippen molar-refractivity contribution in [3.63, 3.8) is 0 Å². The topological polar surface area (TPSA) is 75.4 Å². The molecule has 6 nitrogen and oxygen atoms in total. The molecule has 2 aromatic carbocycles. The first-order valence-corrected chi connectivity index (χ1v) is 12.2. The van der Waals surface area contributed by atoms with Gasteiger partial charge in [-0.15, -0.1) is 0 Å². The van der Waals surface area contributed by atoms with Crippen LogP contribution in [0.25, 0.3) is 0 Å². The van der Waals surface area contributed by atoms with Gasteiger partial charge >= 0.3 is 0 Å². The zero-order valence-electron chi connectivity index (χ0n) is 19.8. The second-order valence-electron chi connectivity index (χ2n) is 9.15. The van der Waals surface area contributed by atoms with E-state index in [-0.39, 0.29) is 23.6 Å². The van der Waals surface area contributed by atoms with Crippen molar-refractivity contribution < 1.29 is 14.1 Å². The Balaban J connectivity index is 1.38. The lowest BCUT2D eigenvalue weighted by molar-refractivity contribution is -0.135. The van der Waals surface area contributed by atoms with Gasteiger partial charge in [-0.3, -0.25) is 9.59 Å². The van der Waals surface area contributed by atoms with Crippen LogP contribution in [0.4, 0.5) is 0 Å². The third-order valence-corrected chi connectivity index (χ3v) is 6.50. The molecule has 1 aliphatic carbocycles. The molecule has 1 heterocycles. The number of hydrogen-bond acceptors (Lipinski definition) is 4. The number of carbonyl (C=O) groups is 2. The highest BCUT2D eigenvalue weighted by atomic mass is 16.5. The first-order chi connectivity index (χ1) is 16.6. The summed E-state index contributed by atoms with van der Waals surface area (Å²) in [6.45, 7) is 2.80. The summed E-state index contributed by atoms with van der Waals surface area (Å²) >= 11 is 0. The van der Waals surface area contributed by atoms with Gasteiger partial charge in [-0.25, -0.2) is 0 Å². The Morgan fingerprint density at radius 2 is 1.74 bits per heavy atom. The van der Waals surface area contributed by atoms with Crippen LogP contribution in [0.1, 0.15) is 71.5 Å². The van der Waals surface area contributed by atoms with Crippen LogP contribution in [0, 0.1) is 6.92 Å². The van der Waals surface area contributed by atoms with Gasteiger partial charge in [0.05, 0.1) is 6.54 Å². The summed E-state index contributed by atoms with van der Waals surface area (Å²) < 4.78 is 5.48. The molecule has 6 heteroatoms. The fraction of sp³-hybridized carbons (Fsp3) is 0.393. The number of amides is 2. The molecule has 0 radical (unpaired) electrons. The first-order valence-electron chi connectivity index (χ1n) is 12.2. The second-order valence-corrected chi connectivity index (χ2v) is 9.15. The molecular weight excluding hydrogens is 426 g/mol. The highest BCUT2D eigenvalue weighted by Gasteiger charge is 2.27. The third kappa shape index (κ3) is 6.56. The standard InChI is InChI=1S/C28H33N3O3/c1-21-12-14-23(15-13-21)19-29-28(33)26-18-25(34-30-26)20-31(24-10-6-3-7-11-24)27(32)17-16-22-8-4-2-5-9-22/h2,4-5,8-9,12-15,18,24H,3,6-7,10-11,16-17,19-20H2,1H3,(H,29,33). The van der Waals surface area contributed by atoms with Crippen LogP contribution < -0.4 is 5.32 Å². The van der Waals surface area contributed by atoms with Crippen molar-refractivity contribution in [1.29, 1.82) is 0 Å². The minimum Gasteiger partial charge on any atom is -0.359 e. The van der Waals surface area contributed by atoms with Crippen LogP contribution in [0.3, 0.4) is 0 Å². The number of hydrogen-bond donors (Lipinski definition) is 1. The van der Waals surface area contributed by atoms with Gasteiger partial charge in [0.15, 0.2) is 11.5 Å². The molecular formula is C28H33N3O3. The van der Waals surface area contributed by atoms with Crippen LogP contribution in [0.2, 0.25) is 0 Å². The average molecular weight is 460 g/mol. The summed E-state index contributed by atoms with van der Waals surface area (Å²) in [6.07, 6.45) is 6.68. The Morgan fingerprint density at radius 1 is 1.00 bits per heavy atom. The molecule has 178 valence electrons. The summed E-state index contributed by atoms with van der Waals surface area (Å²) in [5.41, 5.74) is 3.60. The lowest BCUT2D eigenvalue weighted by atomic mass is 9.93. The Hall–Kier alpha value is -3.41. The SMILES string of the molecule is Cc1ccc(CNC(=O)c2cc(CN(C(=O)CCc3ccccc3)C3CCCCC3)on2)cc1. The van der Waals surface area contributed by atoms with Gasteiger partial charge in [-0.1, -0.05) is 84.6 Å². The lowest BCUT2D eigenvalue weighted by Gasteiger charge is -2.34. The van der Waals surface area contributed by atoms with E-state index in [1.165, 1.54) is 12.0 Å². The van der Waals surface area contributed by atoms with E-state index >= 15 is 0 Å². The molecule has 3 aromatic rings. The second kappa shape index (κ2) is 11.6. The number of benzene rings is 2. The molecule has 0 saturated heterocycles. The maximum absolute atomic E-state index is 13.2. The fourth-order valence-electron chi connectivity index (χ4n) is 4.49. The van der Waals surface area contributed by atoms with E-state index in [2.05, 4.69) is 22.6 Å². The monoisotopic (exact) mass is 459 g/mol. The third-order valence-electron chi connectivity index (χ3n) is 6.50. The van der Waals surface area contributed by atoms with Gasteiger partial charge in [0.25, 0.3) is 5.91 Å². The van der Waals surface area contributed by atoms with E-state index in [4.69, 9.17) is 4.52 Å². The van der Waals surface area contributed by atoms with Crippen LogP contribution in [-0.4, -0.2) is 27.9 Å². The predicted octanol–water partition coefficient (Wildman–Crippen LogP) is 5.21. The molecule has 0 atom stereocenters. The Bertz CT molecular complexity index is 1070. The van der Waals surface area contributed by atoms with Gasteiger partial charge in [0, 0.05) is 25.1 Å². The number of nitrogens with zero attached hydrogens (tertiary/aromatic N) is 2. The molecule has 0 bridgehead atoms. The van der Waals surface area contributed by atoms with Crippen molar-refractivity contribution in [3.8, 4) is 0 Å². The van der Waals surface area contributed by atoms with Crippen molar-refractivity contribution in [2.75, 3.05) is 0 Å². The zero-order valence-corrected chi connectivity index (χ0v) is 19.8. The van der Waals surface area contributed by atoms with E-state index in [1.807, 2.05) is 54.3 Å². The van der Waals surface area contributed by atoms with Gasteiger partial charge in [-0.2, -0.15) is 0 Å². The summed E-state index contributed by atoms with van der Waals surface area (Å²) in [5.74, 6) is 0.381. The molecule has 0 spiro atoms. The molecule has 1 aliphatic rings. The Kier molecular flexibility index (Phi) is 8.12. The minimum absolute atomic E-state index is 0.123. The number of rotatable bonds is 9. The van der Waals surface area contributed by atoms with Crippen molar-refractivity contribution >= 4 is 11.8 Å². The fourth-order valence-corrected chi connectivity index (χ4v) is 4.49. The van der Waals surface area contributed by atoms with E-state index in [0.717, 1.165) is 36.8 Å². The lowest BCUT2D eigenvalue weighted by Crippen LogP contribution is -2.41. The molecule has 2 amide bonds. The molecule has 1 N–H and O–H groups in total. The predicted molar refractivity (Wildman–Crippen MR) is 131 cm³/mol. The summed E-state index contributed by atoms with van der Waals surface area (Å²) in [5, 5.41) is 6.85. The van der Waals surface area contributed by atoms with Gasteiger partial charge in [0.1, 0.15) is 0 Å². The van der Waals surface area contributed by atoms with Crippen molar-refractivity contribution in [2.24, 2.45) is 0 Å². The first kappa shape index (κ1) is 23.7. The van der Waals surface area contributed by atoms with E-state index in [0.29, 0.717) is 31.7 Å². The van der Waals surface area contributed by atoms with Crippen molar-refractivity contribution in [1.82, 2.24) is 15.4 Å². The number of carbonyl (C=O) groups excluding carboxylic acids is 2. The Labute approximate surface area is 201 Å². The highest BCUT2D eigenvalue weighted by Crippen LogP contribution is 2.25. The number of nitrogens with one attached hydrogen (secondary N) is 1. The molecule has 0 unspecified atom stereocenters. The summed E-state index contributed by atoms with van der Waals surface area (Å²) in [4.78, 5) is 27.7. The van der Waals surface area contributed by atoms with Gasteiger partial charge < -0.3 is 14.7 Å². The molecule has 1 aromatic heterocycles. The molecule has 1 fully saturated rings. The van der Waals surface area contributed by atoms with E-state index in [9.17, 15) is 9.59 Å². The van der Waals surface area contributed by atoms with Gasteiger partial charge in [0.2, 0.25) is 5.91 Å². The average Bonchev–Trinajstić information content (AvgIpc) is 3.35. The maximum Gasteiger partial charge on any atom is 0.273 e. The summed E-state index contributed by atoms with van der Waals surface area (Å²) in [6, 6.07) is 20.0.